The first-order valence-corrected chi connectivity index (χ1v) is 8.69. The molecule has 1 aromatic heterocycles. The third-order valence-corrected chi connectivity index (χ3v) is 6.44. The summed E-state index contributed by atoms with van der Waals surface area (Å²) in [5.41, 5.74) is 0. The van der Waals surface area contributed by atoms with Crippen LogP contribution in [0.2, 0.25) is 0 Å². The lowest BCUT2D eigenvalue weighted by atomic mass is 10.2. The predicted octanol–water partition coefficient (Wildman–Crippen LogP) is 1.01. The second-order valence-electron chi connectivity index (χ2n) is 5.00. The Morgan fingerprint density at radius 2 is 2.20 bits per heavy atom. The fraction of sp³-hybridized carbons (Fsp3) is 0.818. The highest BCUT2D eigenvalue weighted by atomic mass is 79.9. The van der Waals surface area contributed by atoms with Crippen molar-refractivity contribution in [3.63, 3.8) is 0 Å². The maximum atomic E-state index is 12.9. The van der Waals surface area contributed by atoms with E-state index in [1.165, 1.54) is 8.99 Å². The first-order chi connectivity index (χ1) is 9.39. The number of rotatable bonds is 7. The Balaban J connectivity index is 2.35. The largest absolute Gasteiger partial charge is 0.383 e. The molecule has 2 rings (SSSR count). The van der Waals surface area contributed by atoms with Crippen LogP contribution in [0.3, 0.4) is 0 Å². The quantitative estimate of drug-likeness (QED) is 0.719. The summed E-state index contributed by atoms with van der Waals surface area (Å²) >= 11 is 3.16. The number of nitrogens with zero attached hydrogens (tertiary/aromatic N) is 4. The van der Waals surface area contributed by atoms with Crippen LogP contribution in [0.4, 0.5) is 0 Å². The number of aryl methyl sites for hydroxylation is 1. The lowest BCUT2D eigenvalue weighted by molar-refractivity contribution is 0.164. The van der Waals surface area contributed by atoms with Crippen LogP contribution in [0.1, 0.15) is 19.8 Å². The number of aromatic nitrogens is 3. The molecule has 0 N–H and O–H groups in total. The van der Waals surface area contributed by atoms with E-state index in [-0.39, 0.29) is 15.7 Å². The van der Waals surface area contributed by atoms with Crippen LogP contribution < -0.4 is 0 Å². The van der Waals surface area contributed by atoms with E-state index in [9.17, 15) is 8.42 Å². The molecule has 1 fully saturated rings. The Hall–Kier alpha value is -0.510. The maximum absolute atomic E-state index is 12.9. The Morgan fingerprint density at radius 3 is 2.65 bits per heavy atom. The average Bonchev–Trinajstić information content (AvgIpc) is 3.15. The summed E-state index contributed by atoms with van der Waals surface area (Å²) in [4.78, 5) is 0. The van der Waals surface area contributed by atoms with Crippen molar-refractivity contribution in [2.45, 2.75) is 30.8 Å². The highest BCUT2D eigenvalue weighted by Crippen LogP contribution is 2.37. The Labute approximate surface area is 127 Å². The molecular weight excluding hydrogens is 348 g/mol. The molecule has 0 saturated heterocycles. The van der Waals surface area contributed by atoms with Crippen LogP contribution in [-0.2, 0) is 21.8 Å². The Bertz CT molecular complexity index is 551. The molecule has 0 radical (unpaired) electrons. The van der Waals surface area contributed by atoms with Gasteiger partial charge in [-0.2, -0.15) is 4.31 Å². The van der Waals surface area contributed by atoms with Gasteiger partial charge in [-0.05, 0) is 41.6 Å². The van der Waals surface area contributed by atoms with Crippen LogP contribution in [0.25, 0.3) is 0 Å². The molecule has 1 aromatic rings. The summed E-state index contributed by atoms with van der Waals surface area (Å²) in [7, 11) is -0.517. The molecule has 1 heterocycles. The number of ether oxygens (including phenoxy) is 1. The standard InChI is InChI=1S/C11H19BrN4O3S/c1-8(9-4-5-9)16(6-7-19-3)20(17,18)11-10(12)13-14-15(11)2/h8-9H,4-7H2,1-3H3. The molecule has 0 aliphatic heterocycles. The highest BCUT2D eigenvalue weighted by molar-refractivity contribution is 9.10. The smallest absolute Gasteiger partial charge is 0.263 e. The molecule has 0 bridgehead atoms. The number of hydrogen-bond acceptors (Lipinski definition) is 5. The first kappa shape index (κ1) is 15.9. The predicted molar refractivity (Wildman–Crippen MR) is 76.7 cm³/mol. The molecule has 20 heavy (non-hydrogen) atoms. The molecule has 1 atom stereocenters. The van der Waals surface area contributed by atoms with Crippen molar-refractivity contribution in [2.24, 2.45) is 13.0 Å². The molecule has 0 aromatic carbocycles. The van der Waals surface area contributed by atoms with E-state index in [1.807, 2.05) is 6.92 Å². The zero-order valence-corrected chi connectivity index (χ0v) is 14.2. The highest BCUT2D eigenvalue weighted by Gasteiger charge is 2.40. The van der Waals surface area contributed by atoms with Crippen molar-refractivity contribution in [1.29, 1.82) is 0 Å². The van der Waals surface area contributed by atoms with E-state index in [1.54, 1.807) is 14.2 Å². The minimum absolute atomic E-state index is 0.0445. The number of sulfonamides is 1. The Morgan fingerprint density at radius 1 is 1.55 bits per heavy atom. The Kier molecular flexibility index (Phi) is 4.83. The second kappa shape index (κ2) is 6.08. The van der Waals surface area contributed by atoms with Crippen LogP contribution in [-0.4, -0.2) is 54.0 Å². The van der Waals surface area contributed by atoms with Crippen molar-refractivity contribution >= 4 is 26.0 Å². The number of methoxy groups -OCH3 is 1. The normalized spacial score (nSPS) is 17.6. The minimum Gasteiger partial charge on any atom is -0.383 e. The van der Waals surface area contributed by atoms with Gasteiger partial charge in [0.05, 0.1) is 6.61 Å². The van der Waals surface area contributed by atoms with Gasteiger partial charge in [-0.25, -0.2) is 13.1 Å². The SMILES string of the molecule is COCCN(C(C)C1CC1)S(=O)(=O)c1c(Br)nnn1C. The van der Waals surface area contributed by atoms with Gasteiger partial charge in [0.2, 0.25) is 5.03 Å². The van der Waals surface area contributed by atoms with Gasteiger partial charge in [0, 0.05) is 26.7 Å². The van der Waals surface area contributed by atoms with E-state index in [2.05, 4.69) is 26.2 Å². The fourth-order valence-electron chi connectivity index (χ4n) is 2.25. The molecule has 0 spiro atoms. The molecule has 114 valence electrons. The molecule has 7 nitrogen and oxygen atoms in total. The molecule has 1 aliphatic rings. The minimum atomic E-state index is -3.65. The van der Waals surface area contributed by atoms with E-state index in [4.69, 9.17) is 4.74 Å². The molecule has 1 aliphatic carbocycles. The molecule has 1 saturated carbocycles. The molecule has 9 heteroatoms. The summed E-state index contributed by atoms with van der Waals surface area (Å²) in [6, 6.07) is -0.0445. The molecule has 1 unspecified atom stereocenters. The fourth-order valence-corrected chi connectivity index (χ4v) is 4.96. The van der Waals surface area contributed by atoms with Crippen molar-refractivity contribution in [3.8, 4) is 0 Å². The lowest BCUT2D eigenvalue weighted by Crippen LogP contribution is -2.42. The van der Waals surface area contributed by atoms with Crippen LogP contribution in [0, 0.1) is 5.92 Å². The lowest BCUT2D eigenvalue weighted by Gasteiger charge is -2.28. The van der Waals surface area contributed by atoms with Gasteiger partial charge in [0.15, 0.2) is 4.60 Å². The van der Waals surface area contributed by atoms with Gasteiger partial charge < -0.3 is 4.74 Å². The molecule has 0 amide bonds. The maximum Gasteiger partial charge on any atom is 0.263 e. The van der Waals surface area contributed by atoms with Crippen molar-refractivity contribution in [2.75, 3.05) is 20.3 Å². The van der Waals surface area contributed by atoms with E-state index in [0.29, 0.717) is 19.1 Å². The van der Waals surface area contributed by atoms with E-state index >= 15 is 0 Å². The topological polar surface area (TPSA) is 77.3 Å². The summed E-state index contributed by atoms with van der Waals surface area (Å²) in [5, 5.41) is 7.59. The monoisotopic (exact) mass is 366 g/mol. The van der Waals surface area contributed by atoms with Crippen molar-refractivity contribution < 1.29 is 13.2 Å². The first-order valence-electron chi connectivity index (χ1n) is 6.45. The van der Waals surface area contributed by atoms with Crippen molar-refractivity contribution in [1.82, 2.24) is 19.3 Å². The van der Waals surface area contributed by atoms with Crippen LogP contribution >= 0.6 is 15.9 Å². The van der Waals surface area contributed by atoms with Crippen LogP contribution in [0.5, 0.6) is 0 Å². The van der Waals surface area contributed by atoms with Gasteiger partial charge in [-0.1, -0.05) is 5.21 Å². The third kappa shape index (κ3) is 3.05. The van der Waals surface area contributed by atoms with Gasteiger partial charge >= 0.3 is 0 Å². The average molecular weight is 367 g/mol. The summed E-state index contributed by atoms with van der Waals surface area (Å²) in [6.45, 7) is 2.63. The summed E-state index contributed by atoms with van der Waals surface area (Å²) in [5.74, 6) is 0.432. The number of halogens is 1. The number of hydrogen-bond donors (Lipinski definition) is 0. The zero-order chi connectivity index (χ0) is 14.9. The second-order valence-corrected chi connectivity index (χ2v) is 7.55. The van der Waals surface area contributed by atoms with Gasteiger partial charge in [-0.3, -0.25) is 0 Å². The molecular formula is C11H19BrN4O3S. The summed E-state index contributed by atoms with van der Waals surface area (Å²) in [6.07, 6.45) is 2.15. The van der Waals surface area contributed by atoms with Crippen LogP contribution in [0.15, 0.2) is 9.63 Å². The van der Waals surface area contributed by atoms with Gasteiger partial charge in [0.25, 0.3) is 10.0 Å². The van der Waals surface area contributed by atoms with E-state index in [0.717, 1.165) is 12.8 Å². The van der Waals surface area contributed by atoms with Crippen molar-refractivity contribution in [3.05, 3.63) is 4.60 Å². The summed E-state index contributed by atoms with van der Waals surface area (Å²) < 4.78 is 33.8. The van der Waals surface area contributed by atoms with E-state index < -0.39 is 10.0 Å². The van der Waals surface area contributed by atoms with Gasteiger partial charge in [0.1, 0.15) is 0 Å². The zero-order valence-electron chi connectivity index (χ0n) is 11.8. The third-order valence-electron chi connectivity index (χ3n) is 3.56. The van der Waals surface area contributed by atoms with Gasteiger partial charge in [-0.15, -0.1) is 5.10 Å².